The van der Waals surface area contributed by atoms with Crippen LogP contribution in [0.2, 0.25) is 0 Å². The summed E-state index contributed by atoms with van der Waals surface area (Å²) in [6, 6.07) is 0. The van der Waals surface area contributed by atoms with E-state index in [4.69, 9.17) is 4.89 Å². The van der Waals surface area contributed by atoms with E-state index in [-0.39, 0.29) is 18.3 Å². The highest BCUT2D eigenvalue weighted by Crippen LogP contribution is 2.25. The number of Topliss-reactive ketones (excluding diaryl/α,β-unsaturated/α-hetero) is 1. The van der Waals surface area contributed by atoms with E-state index in [1.165, 1.54) is 6.42 Å². The van der Waals surface area contributed by atoms with Gasteiger partial charge in [0.1, 0.15) is 6.61 Å². The van der Waals surface area contributed by atoms with Crippen molar-refractivity contribution in [3.8, 4) is 0 Å². The maximum absolute atomic E-state index is 11.3. The molecule has 0 saturated heterocycles. The maximum Gasteiger partial charge on any atom is 0.317 e. The predicted octanol–water partition coefficient (Wildman–Crippen LogP) is 1.53. The molecule has 4 nitrogen and oxygen atoms in total. The van der Waals surface area contributed by atoms with Crippen molar-refractivity contribution >= 4 is 14.0 Å². The van der Waals surface area contributed by atoms with E-state index in [0.717, 1.165) is 25.7 Å². The third-order valence-corrected chi connectivity index (χ3v) is 2.79. The Hall–Kier alpha value is -0.180. The van der Waals surface area contributed by atoms with Crippen LogP contribution in [-0.4, -0.2) is 17.3 Å². The molecule has 0 aromatic heterocycles. The number of hydrogen-bond donors (Lipinski definition) is 1. The molecule has 1 fully saturated rings. The quantitative estimate of drug-likeness (QED) is 0.708. The van der Waals surface area contributed by atoms with Crippen LogP contribution in [0.4, 0.5) is 0 Å². The van der Waals surface area contributed by atoms with E-state index in [2.05, 4.69) is 4.52 Å². The normalized spacial score (nSPS) is 21.3. The summed E-state index contributed by atoms with van der Waals surface area (Å²) in [5.74, 6) is 0.0437. The van der Waals surface area contributed by atoms with Crippen molar-refractivity contribution in [2.45, 2.75) is 32.1 Å². The fraction of sp³-hybridized carbons (Fsp3) is 0.875. The molecule has 1 N–H and O–H groups in total. The number of ketones is 1. The zero-order valence-corrected chi connectivity index (χ0v) is 8.49. The average molecular weight is 206 g/mol. The van der Waals surface area contributed by atoms with E-state index in [1.807, 2.05) is 0 Å². The fourth-order valence-corrected chi connectivity index (χ4v) is 1.94. The Bertz CT molecular complexity index is 198. The highest BCUT2D eigenvalue weighted by molar-refractivity contribution is 7.32. The zero-order chi connectivity index (χ0) is 9.68. The Morgan fingerprint density at radius 2 is 2.00 bits per heavy atom. The van der Waals surface area contributed by atoms with Gasteiger partial charge in [-0.1, -0.05) is 19.3 Å². The summed E-state index contributed by atoms with van der Waals surface area (Å²) in [7, 11) is -2.94. The maximum atomic E-state index is 11.3. The van der Waals surface area contributed by atoms with E-state index < -0.39 is 8.25 Å². The smallest absolute Gasteiger partial charge is 0.317 e. The molecule has 0 spiro atoms. The van der Waals surface area contributed by atoms with Crippen molar-refractivity contribution in [2.24, 2.45) is 5.92 Å². The lowest BCUT2D eigenvalue weighted by Crippen LogP contribution is -2.21. The van der Waals surface area contributed by atoms with Gasteiger partial charge >= 0.3 is 8.25 Å². The van der Waals surface area contributed by atoms with Gasteiger partial charge in [-0.15, -0.1) is 0 Å². The second-order valence-corrected chi connectivity index (χ2v) is 4.18. The van der Waals surface area contributed by atoms with E-state index in [1.54, 1.807) is 0 Å². The second kappa shape index (κ2) is 5.53. The average Bonchev–Trinajstić information content (AvgIpc) is 2.15. The highest BCUT2D eigenvalue weighted by Gasteiger charge is 2.21. The lowest BCUT2D eigenvalue weighted by molar-refractivity contribution is -0.125. The van der Waals surface area contributed by atoms with Crippen LogP contribution in [0.25, 0.3) is 0 Å². The first kappa shape index (κ1) is 10.9. The van der Waals surface area contributed by atoms with Crippen LogP contribution in [0, 0.1) is 5.92 Å². The van der Waals surface area contributed by atoms with Gasteiger partial charge in [0.15, 0.2) is 5.78 Å². The zero-order valence-electron chi connectivity index (χ0n) is 7.49. The molecular formula is C8H15O4P. The van der Waals surface area contributed by atoms with Crippen LogP contribution < -0.4 is 0 Å². The first-order valence-corrected chi connectivity index (χ1v) is 5.85. The Balaban J connectivity index is 2.25. The first-order valence-electron chi connectivity index (χ1n) is 4.58. The van der Waals surface area contributed by atoms with Gasteiger partial charge in [-0.3, -0.25) is 9.36 Å². The van der Waals surface area contributed by atoms with E-state index >= 15 is 0 Å². The molecule has 1 rings (SSSR count). The molecule has 1 atom stereocenters. The third kappa shape index (κ3) is 4.03. The van der Waals surface area contributed by atoms with Gasteiger partial charge in [-0.05, 0) is 12.8 Å². The van der Waals surface area contributed by atoms with Crippen molar-refractivity contribution in [3.05, 3.63) is 0 Å². The predicted molar refractivity (Wildman–Crippen MR) is 48.8 cm³/mol. The standard InChI is InChI=1S/C8H15O4P/c9-8(6-12-13(10)11)7-4-2-1-3-5-7/h7,13H,1-6H2,(H,10,11). The van der Waals surface area contributed by atoms with Gasteiger partial charge in [0.25, 0.3) is 0 Å². The first-order chi connectivity index (χ1) is 6.20. The molecule has 0 radical (unpaired) electrons. The van der Waals surface area contributed by atoms with Crippen LogP contribution in [0.1, 0.15) is 32.1 Å². The van der Waals surface area contributed by atoms with Crippen molar-refractivity contribution in [3.63, 3.8) is 0 Å². The number of carbonyl (C=O) groups excluding carboxylic acids is 1. The molecule has 0 heterocycles. The summed E-state index contributed by atoms with van der Waals surface area (Å²) in [4.78, 5) is 19.7. The molecule has 76 valence electrons. The molecule has 0 amide bonds. The summed E-state index contributed by atoms with van der Waals surface area (Å²) >= 11 is 0. The van der Waals surface area contributed by atoms with Gasteiger partial charge < -0.3 is 9.42 Å². The molecule has 0 aromatic carbocycles. The van der Waals surface area contributed by atoms with Gasteiger partial charge in [0.2, 0.25) is 0 Å². The monoisotopic (exact) mass is 206 g/mol. The van der Waals surface area contributed by atoms with Gasteiger partial charge in [0, 0.05) is 5.92 Å². The summed E-state index contributed by atoms with van der Waals surface area (Å²) in [5.41, 5.74) is 0. The minimum absolute atomic E-state index is 0.0212. The Labute approximate surface area is 78.2 Å². The largest absolute Gasteiger partial charge is 0.326 e. The molecule has 1 aliphatic rings. The molecule has 1 unspecified atom stereocenters. The summed E-state index contributed by atoms with van der Waals surface area (Å²) in [6.07, 6.45) is 5.19. The molecule has 0 aliphatic heterocycles. The van der Waals surface area contributed by atoms with Crippen molar-refractivity contribution in [1.29, 1.82) is 0 Å². The summed E-state index contributed by atoms with van der Waals surface area (Å²) < 4.78 is 14.6. The van der Waals surface area contributed by atoms with Gasteiger partial charge in [-0.2, -0.15) is 0 Å². The Morgan fingerprint density at radius 3 is 2.54 bits per heavy atom. The lowest BCUT2D eigenvalue weighted by atomic mass is 9.86. The number of carbonyl (C=O) groups is 1. The molecule has 0 bridgehead atoms. The molecule has 1 saturated carbocycles. The van der Waals surface area contributed by atoms with Crippen molar-refractivity contribution in [1.82, 2.24) is 0 Å². The van der Waals surface area contributed by atoms with Crippen LogP contribution in [0.15, 0.2) is 0 Å². The topological polar surface area (TPSA) is 63.6 Å². The minimum Gasteiger partial charge on any atom is -0.326 e. The van der Waals surface area contributed by atoms with E-state index in [9.17, 15) is 9.36 Å². The molecular weight excluding hydrogens is 191 g/mol. The lowest BCUT2D eigenvalue weighted by Gasteiger charge is -2.19. The van der Waals surface area contributed by atoms with E-state index in [0.29, 0.717) is 0 Å². The van der Waals surface area contributed by atoms with Crippen molar-refractivity contribution in [2.75, 3.05) is 6.61 Å². The third-order valence-electron chi connectivity index (χ3n) is 2.40. The molecule has 5 heteroatoms. The molecule has 0 aromatic rings. The Kier molecular flexibility index (Phi) is 4.64. The Morgan fingerprint density at radius 1 is 1.38 bits per heavy atom. The molecule has 13 heavy (non-hydrogen) atoms. The number of rotatable bonds is 4. The van der Waals surface area contributed by atoms with Crippen LogP contribution >= 0.6 is 8.25 Å². The van der Waals surface area contributed by atoms with Crippen LogP contribution in [0.3, 0.4) is 0 Å². The number of hydrogen-bond acceptors (Lipinski definition) is 3. The molecule has 1 aliphatic carbocycles. The van der Waals surface area contributed by atoms with Crippen molar-refractivity contribution < 1.29 is 18.8 Å². The van der Waals surface area contributed by atoms with Crippen LogP contribution in [0.5, 0.6) is 0 Å². The van der Waals surface area contributed by atoms with Gasteiger partial charge in [0.05, 0.1) is 0 Å². The highest BCUT2D eigenvalue weighted by atomic mass is 31.1. The summed E-state index contributed by atoms with van der Waals surface area (Å²) in [5, 5.41) is 0. The SMILES string of the molecule is O=C(CO[PH](=O)O)C1CCCCC1. The van der Waals surface area contributed by atoms with Gasteiger partial charge in [-0.25, -0.2) is 0 Å². The fourth-order valence-electron chi connectivity index (χ4n) is 1.68. The second-order valence-electron chi connectivity index (χ2n) is 3.36. The summed E-state index contributed by atoms with van der Waals surface area (Å²) in [6.45, 7) is -0.195. The minimum atomic E-state index is -2.94. The van der Waals surface area contributed by atoms with Crippen LogP contribution in [-0.2, 0) is 13.9 Å².